The Balaban J connectivity index is 1.97. The van der Waals surface area contributed by atoms with Crippen molar-refractivity contribution < 1.29 is 10.0 Å². The van der Waals surface area contributed by atoms with Gasteiger partial charge >= 0.3 is 0 Å². The number of aliphatic hydroxyl groups is 1. The van der Waals surface area contributed by atoms with Gasteiger partial charge in [0, 0.05) is 32.8 Å². The average molecular weight is 313 g/mol. The van der Waals surface area contributed by atoms with Crippen LogP contribution in [0.2, 0.25) is 0 Å². The first-order chi connectivity index (χ1) is 10.6. The normalized spacial score (nSPS) is 16.5. The minimum absolute atomic E-state index is 0.0317. The van der Waals surface area contributed by atoms with Gasteiger partial charge in [0.05, 0.1) is 10.6 Å². The lowest BCUT2D eigenvalue weighted by atomic mass is 10.0. The topological polar surface area (TPSA) is 87.4 Å². The van der Waals surface area contributed by atoms with Gasteiger partial charge < -0.3 is 10.5 Å². The lowest BCUT2D eigenvalue weighted by Crippen LogP contribution is -2.17. The fraction of sp³-hybridized carbons (Fsp3) is 0.0667. The molecule has 0 aliphatic carbocycles. The third kappa shape index (κ3) is 1.95. The Kier molecular flexibility index (Phi) is 2.86. The van der Waals surface area contributed by atoms with Crippen molar-refractivity contribution in [2.24, 2.45) is 0 Å². The van der Waals surface area contributed by atoms with Gasteiger partial charge in [0.15, 0.2) is 0 Å². The zero-order valence-corrected chi connectivity index (χ0v) is 12.1. The van der Waals surface area contributed by atoms with Gasteiger partial charge in [-0.3, -0.25) is 10.1 Å². The molecule has 2 heterocycles. The van der Waals surface area contributed by atoms with Gasteiger partial charge in [-0.2, -0.15) is 0 Å². The molecule has 0 fully saturated rings. The first-order valence-electron chi connectivity index (χ1n) is 6.64. The smallest absolute Gasteiger partial charge is 0.270 e. The van der Waals surface area contributed by atoms with E-state index in [1.165, 1.54) is 12.1 Å². The molecule has 3 aromatic rings. The van der Waals surface area contributed by atoms with Crippen molar-refractivity contribution in [3.05, 3.63) is 58.1 Å². The Morgan fingerprint density at radius 2 is 2.05 bits per heavy atom. The van der Waals surface area contributed by atoms with Crippen molar-refractivity contribution in [2.45, 2.75) is 6.23 Å². The molecular formula is C15H11N3O3S. The molecule has 2 aromatic carbocycles. The molecule has 1 aliphatic heterocycles. The van der Waals surface area contributed by atoms with Crippen molar-refractivity contribution in [3.8, 4) is 10.4 Å². The van der Waals surface area contributed by atoms with Gasteiger partial charge in [-0.05, 0) is 17.5 Å². The van der Waals surface area contributed by atoms with Crippen LogP contribution in [0.3, 0.4) is 0 Å². The molecule has 0 radical (unpaired) electrons. The maximum absolute atomic E-state index is 11.1. The molecule has 7 heteroatoms. The number of nitro benzene ring substituents is 1. The Labute approximate surface area is 129 Å². The Hall–Kier alpha value is -2.48. The summed E-state index contributed by atoms with van der Waals surface area (Å²) < 4.78 is 1.12. The van der Waals surface area contributed by atoms with E-state index >= 15 is 0 Å². The van der Waals surface area contributed by atoms with Crippen molar-refractivity contribution >= 4 is 32.8 Å². The van der Waals surface area contributed by atoms with E-state index in [2.05, 4.69) is 10.9 Å². The number of benzene rings is 2. The number of nitro groups is 1. The van der Waals surface area contributed by atoms with Crippen LogP contribution in [0, 0.1) is 10.1 Å². The number of hydrogen-bond donors (Lipinski definition) is 3. The minimum Gasteiger partial charge on any atom is -0.373 e. The molecule has 1 aromatic heterocycles. The van der Waals surface area contributed by atoms with Crippen LogP contribution in [0.5, 0.6) is 0 Å². The van der Waals surface area contributed by atoms with Crippen LogP contribution in [0.25, 0.3) is 20.5 Å². The predicted molar refractivity (Wildman–Crippen MR) is 85.6 cm³/mol. The van der Waals surface area contributed by atoms with E-state index in [1.807, 2.05) is 30.3 Å². The zero-order chi connectivity index (χ0) is 15.3. The summed E-state index contributed by atoms with van der Waals surface area (Å²) in [6.45, 7) is 0. The number of thiophene rings is 1. The SMILES string of the molecule is O=[N+]([O-])c1cc(-c2cc3ccccc3s2)c2c(c1)C(O)NN2. The maximum atomic E-state index is 11.1. The highest BCUT2D eigenvalue weighted by Gasteiger charge is 2.27. The monoisotopic (exact) mass is 313 g/mol. The number of anilines is 1. The number of aliphatic hydroxyl groups excluding tert-OH is 1. The molecule has 3 N–H and O–H groups in total. The largest absolute Gasteiger partial charge is 0.373 e. The summed E-state index contributed by atoms with van der Waals surface area (Å²) in [7, 11) is 0. The van der Waals surface area contributed by atoms with Crippen LogP contribution in [0.1, 0.15) is 11.8 Å². The number of nitrogens with zero attached hydrogens (tertiary/aromatic N) is 1. The van der Waals surface area contributed by atoms with E-state index in [9.17, 15) is 15.2 Å². The Morgan fingerprint density at radius 3 is 2.82 bits per heavy atom. The maximum Gasteiger partial charge on any atom is 0.270 e. The van der Waals surface area contributed by atoms with Crippen LogP contribution in [0.4, 0.5) is 11.4 Å². The van der Waals surface area contributed by atoms with Crippen LogP contribution < -0.4 is 10.9 Å². The van der Waals surface area contributed by atoms with Crippen molar-refractivity contribution in [1.29, 1.82) is 0 Å². The fourth-order valence-electron chi connectivity index (χ4n) is 2.64. The summed E-state index contributed by atoms with van der Waals surface area (Å²) in [5.41, 5.74) is 7.45. The molecule has 22 heavy (non-hydrogen) atoms. The minimum atomic E-state index is -0.956. The van der Waals surface area contributed by atoms with E-state index in [0.29, 0.717) is 11.3 Å². The number of hydrogen-bond acceptors (Lipinski definition) is 6. The molecule has 4 rings (SSSR count). The summed E-state index contributed by atoms with van der Waals surface area (Å²) in [4.78, 5) is 11.6. The third-order valence-electron chi connectivity index (χ3n) is 3.68. The second-order valence-corrected chi connectivity index (χ2v) is 6.12. The number of nitrogens with one attached hydrogen (secondary N) is 2. The standard InChI is InChI=1S/C15H11N3O3S/c19-15-11-7-9(18(20)21)6-10(14(11)16-17-15)13-5-8-3-1-2-4-12(8)22-13/h1-7,15-17,19H. The second-order valence-electron chi connectivity index (χ2n) is 5.04. The summed E-state index contributed by atoms with van der Waals surface area (Å²) >= 11 is 1.57. The number of fused-ring (bicyclic) bond motifs is 2. The second kappa shape index (κ2) is 4.77. The average Bonchev–Trinajstić information content (AvgIpc) is 3.10. The van der Waals surface area contributed by atoms with Crippen molar-refractivity contribution in [1.82, 2.24) is 5.43 Å². The van der Waals surface area contributed by atoms with Gasteiger partial charge in [0.25, 0.3) is 5.69 Å². The summed E-state index contributed by atoms with van der Waals surface area (Å²) in [5.74, 6) is 0. The van der Waals surface area contributed by atoms with Crippen LogP contribution in [-0.2, 0) is 0 Å². The summed E-state index contributed by atoms with van der Waals surface area (Å²) in [5, 5.41) is 22.1. The lowest BCUT2D eigenvalue weighted by molar-refractivity contribution is -0.384. The molecular weight excluding hydrogens is 302 g/mol. The highest BCUT2D eigenvalue weighted by molar-refractivity contribution is 7.22. The van der Waals surface area contributed by atoms with Crippen LogP contribution >= 0.6 is 11.3 Å². The van der Waals surface area contributed by atoms with Gasteiger partial charge in [0.2, 0.25) is 0 Å². The lowest BCUT2D eigenvalue weighted by Gasteiger charge is -2.06. The van der Waals surface area contributed by atoms with E-state index < -0.39 is 11.2 Å². The quantitative estimate of drug-likeness (QED) is 0.498. The summed E-state index contributed by atoms with van der Waals surface area (Å²) in [6, 6.07) is 12.9. The zero-order valence-electron chi connectivity index (χ0n) is 11.2. The number of rotatable bonds is 2. The van der Waals surface area contributed by atoms with Gasteiger partial charge in [-0.25, -0.2) is 5.43 Å². The Bertz CT molecular complexity index is 873. The van der Waals surface area contributed by atoms with Gasteiger partial charge in [-0.1, -0.05) is 18.2 Å². The van der Waals surface area contributed by atoms with E-state index in [0.717, 1.165) is 20.5 Å². The number of hydrazine groups is 1. The first-order valence-corrected chi connectivity index (χ1v) is 7.46. The molecule has 1 unspecified atom stereocenters. The van der Waals surface area contributed by atoms with Crippen LogP contribution in [-0.4, -0.2) is 10.0 Å². The molecule has 1 atom stereocenters. The van der Waals surface area contributed by atoms with Gasteiger partial charge in [0.1, 0.15) is 6.23 Å². The van der Waals surface area contributed by atoms with E-state index in [1.54, 1.807) is 11.3 Å². The van der Waals surface area contributed by atoms with Gasteiger partial charge in [-0.15, -0.1) is 11.3 Å². The molecule has 0 saturated heterocycles. The highest BCUT2D eigenvalue weighted by Crippen LogP contribution is 2.43. The highest BCUT2D eigenvalue weighted by atomic mass is 32.1. The predicted octanol–water partition coefficient (Wildman–Crippen LogP) is 3.40. The first kappa shape index (κ1) is 13.2. The van der Waals surface area contributed by atoms with Crippen molar-refractivity contribution in [2.75, 3.05) is 5.43 Å². The summed E-state index contributed by atoms with van der Waals surface area (Å²) in [6.07, 6.45) is -0.956. The third-order valence-corrected chi connectivity index (χ3v) is 4.83. The number of non-ortho nitro benzene ring substituents is 1. The molecule has 0 amide bonds. The molecule has 0 bridgehead atoms. The Morgan fingerprint density at radius 1 is 1.23 bits per heavy atom. The van der Waals surface area contributed by atoms with E-state index in [4.69, 9.17) is 0 Å². The molecule has 110 valence electrons. The molecule has 1 aliphatic rings. The molecule has 6 nitrogen and oxygen atoms in total. The molecule has 0 saturated carbocycles. The van der Waals surface area contributed by atoms with E-state index in [-0.39, 0.29) is 5.69 Å². The van der Waals surface area contributed by atoms with Crippen molar-refractivity contribution in [3.63, 3.8) is 0 Å². The fourth-order valence-corrected chi connectivity index (χ4v) is 3.72. The molecule has 0 spiro atoms. The van der Waals surface area contributed by atoms with Crippen LogP contribution in [0.15, 0.2) is 42.5 Å².